The number of alkyl halides is 1. The van der Waals surface area contributed by atoms with E-state index in [0.29, 0.717) is 5.41 Å². The molecule has 0 saturated heterocycles. The number of thiophene rings is 1. The summed E-state index contributed by atoms with van der Waals surface area (Å²) in [6.07, 6.45) is 9.40. The van der Waals surface area contributed by atoms with Crippen molar-refractivity contribution in [2.24, 2.45) is 5.41 Å². The van der Waals surface area contributed by atoms with Gasteiger partial charge in [-0.1, -0.05) is 25.3 Å². The molecule has 1 fully saturated rings. The molecule has 0 aromatic carbocycles. The quantitative estimate of drug-likeness (QED) is 0.661. The molecule has 15 heavy (non-hydrogen) atoms. The fraction of sp³-hybridized carbons (Fsp3) is 0.692. The van der Waals surface area contributed by atoms with Crippen LogP contribution in [-0.4, -0.2) is 5.88 Å². The summed E-state index contributed by atoms with van der Waals surface area (Å²) < 4.78 is 0. The second-order valence-electron chi connectivity index (χ2n) is 4.77. The molecule has 0 spiro atoms. The minimum Gasteiger partial charge on any atom is -0.149 e. The number of aryl methyl sites for hydroxylation is 1. The van der Waals surface area contributed by atoms with E-state index in [1.165, 1.54) is 49.8 Å². The molecule has 1 aromatic rings. The number of rotatable bonds is 4. The third-order valence-electron chi connectivity index (χ3n) is 3.68. The third kappa shape index (κ3) is 2.98. The minimum absolute atomic E-state index is 0.462. The summed E-state index contributed by atoms with van der Waals surface area (Å²) in [5, 5.41) is 2.17. The largest absolute Gasteiger partial charge is 0.149 e. The Morgan fingerprint density at radius 1 is 1.27 bits per heavy atom. The van der Waals surface area contributed by atoms with Gasteiger partial charge < -0.3 is 0 Å². The SMILES string of the molecule is ClCC1(CCc2cccs2)CCCCC1. The van der Waals surface area contributed by atoms with Crippen LogP contribution in [0.3, 0.4) is 0 Å². The van der Waals surface area contributed by atoms with E-state index in [2.05, 4.69) is 17.5 Å². The van der Waals surface area contributed by atoms with Crippen molar-refractivity contribution in [1.82, 2.24) is 0 Å². The molecule has 1 saturated carbocycles. The zero-order valence-electron chi connectivity index (χ0n) is 9.18. The van der Waals surface area contributed by atoms with Crippen molar-refractivity contribution in [3.8, 4) is 0 Å². The topological polar surface area (TPSA) is 0 Å². The van der Waals surface area contributed by atoms with Crippen molar-refractivity contribution in [3.63, 3.8) is 0 Å². The lowest BCUT2D eigenvalue weighted by atomic mass is 9.72. The van der Waals surface area contributed by atoms with Gasteiger partial charge in [-0.15, -0.1) is 22.9 Å². The standard InChI is InChI=1S/C13H19ClS/c14-11-13(7-2-1-3-8-13)9-6-12-5-4-10-15-12/h4-5,10H,1-3,6-9,11H2. The molecule has 0 N–H and O–H groups in total. The summed E-state index contributed by atoms with van der Waals surface area (Å²) in [6.45, 7) is 0. The molecular weight excluding hydrogens is 224 g/mol. The van der Waals surface area contributed by atoms with Gasteiger partial charge in [0.25, 0.3) is 0 Å². The van der Waals surface area contributed by atoms with Crippen molar-refractivity contribution in [2.45, 2.75) is 44.9 Å². The van der Waals surface area contributed by atoms with E-state index in [1.807, 2.05) is 11.3 Å². The Morgan fingerprint density at radius 2 is 2.07 bits per heavy atom. The molecule has 0 amide bonds. The molecule has 0 aliphatic heterocycles. The molecule has 1 aliphatic rings. The Labute approximate surface area is 102 Å². The number of halogens is 1. The van der Waals surface area contributed by atoms with Gasteiger partial charge in [0.1, 0.15) is 0 Å². The average molecular weight is 243 g/mol. The molecule has 1 heterocycles. The molecule has 2 rings (SSSR count). The summed E-state index contributed by atoms with van der Waals surface area (Å²) >= 11 is 8.06. The Kier molecular flexibility index (Phi) is 4.10. The fourth-order valence-electron chi connectivity index (χ4n) is 2.60. The molecule has 1 aromatic heterocycles. The van der Waals surface area contributed by atoms with Crippen molar-refractivity contribution >= 4 is 22.9 Å². The maximum Gasteiger partial charge on any atom is 0.0280 e. The van der Waals surface area contributed by atoms with Crippen LogP contribution < -0.4 is 0 Å². The molecule has 0 bridgehead atoms. The Morgan fingerprint density at radius 3 is 2.67 bits per heavy atom. The van der Waals surface area contributed by atoms with Crippen LogP contribution in [0.5, 0.6) is 0 Å². The van der Waals surface area contributed by atoms with E-state index in [-0.39, 0.29) is 0 Å². The van der Waals surface area contributed by atoms with Crippen molar-refractivity contribution in [3.05, 3.63) is 22.4 Å². The van der Waals surface area contributed by atoms with Crippen LogP contribution in [0.2, 0.25) is 0 Å². The lowest BCUT2D eigenvalue weighted by Gasteiger charge is -2.35. The first kappa shape index (κ1) is 11.5. The van der Waals surface area contributed by atoms with Gasteiger partial charge in [0.05, 0.1) is 0 Å². The van der Waals surface area contributed by atoms with Crippen molar-refractivity contribution < 1.29 is 0 Å². The molecule has 0 unspecified atom stereocenters. The van der Waals surface area contributed by atoms with Crippen LogP contribution >= 0.6 is 22.9 Å². The van der Waals surface area contributed by atoms with Gasteiger partial charge in [0.2, 0.25) is 0 Å². The summed E-state index contributed by atoms with van der Waals surface area (Å²) in [5.74, 6) is 0.859. The summed E-state index contributed by atoms with van der Waals surface area (Å²) in [5.41, 5.74) is 0.462. The zero-order chi connectivity index (χ0) is 10.6. The molecule has 0 atom stereocenters. The average Bonchev–Trinajstić information content (AvgIpc) is 2.81. The van der Waals surface area contributed by atoms with Crippen molar-refractivity contribution in [1.29, 1.82) is 0 Å². The number of hydrogen-bond acceptors (Lipinski definition) is 1. The molecule has 0 nitrogen and oxygen atoms in total. The van der Waals surface area contributed by atoms with Gasteiger partial charge in [0, 0.05) is 10.8 Å². The Hall–Kier alpha value is -0.0100. The highest BCUT2D eigenvalue weighted by Gasteiger charge is 2.30. The van der Waals surface area contributed by atoms with E-state index in [0.717, 1.165) is 5.88 Å². The molecule has 1 aliphatic carbocycles. The Balaban J connectivity index is 1.89. The normalized spacial score (nSPS) is 20.3. The number of hydrogen-bond donors (Lipinski definition) is 0. The van der Waals surface area contributed by atoms with Crippen LogP contribution in [0, 0.1) is 5.41 Å². The first-order valence-corrected chi connectivity index (χ1v) is 7.34. The molecular formula is C13H19ClS. The maximum absolute atomic E-state index is 6.18. The lowest BCUT2D eigenvalue weighted by Crippen LogP contribution is -2.26. The van der Waals surface area contributed by atoms with Gasteiger partial charge in [-0.2, -0.15) is 0 Å². The summed E-state index contributed by atoms with van der Waals surface area (Å²) in [4.78, 5) is 1.52. The predicted octanol–water partition coefficient (Wildman–Crippen LogP) is 4.87. The minimum atomic E-state index is 0.462. The second kappa shape index (κ2) is 5.36. The van der Waals surface area contributed by atoms with Gasteiger partial charge in [-0.25, -0.2) is 0 Å². The second-order valence-corrected chi connectivity index (χ2v) is 6.07. The van der Waals surface area contributed by atoms with E-state index >= 15 is 0 Å². The van der Waals surface area contributed by atoms with E-state index in [1.54, 1.807) is 0 Å². The van der Waals surface area contributed by atoms with Crippen LogP contribution in [0.4, 0.5) is 0 Å². The van der Waals surface area contributed by atoms with Gasteiger partial charge >= 0.3 is 0 Å². The van der Waals surface area contributed by atoms with Gasteiger partial charge in [-0.05, 0) is 42.5 Å². The third-order valence-corrected chi connectivity index (χ3v) is 5.18. The van der Waals surface area contributed by atoms with Crippen molar-refractivity contribution in [2.75, 3.05) is 5.88 Å². The van der Waals surface area contributed by atoms with Crippen LogP contribution in [0.15, 0.2) is 17.5 Å². The first-order valence-electron chi connectivity index (χ1n) is 5.93. The lowest BCUT2D eigenvalue weighted by molar-refractivity contribution is 0.204. The zero-order valence-corrected chi connectivity index (χ0v) is 10.7. The highest BCUT2D eigenvalue weighted by molar-refractivity contribution is 7.09. The Bertz CT molecular complexity index is 273. The van der Waals surface area contributed by atoms with Crippen LogP contribution in [-0.2, 0) is 6.42 Å². The van der Waals surface area contributed by atoms with Gasteiger partial charge in [-0.3, -0.25) is 0 Å². The van der Waals surface area contributed by atoms with E-state index < -0.39 is 0 Å². The molecule has 84 valence electrons. The van der Waals surface area contributed by atoms with E-state index in [4.69, 9.17) is 11.6 Å². The highest BCUT2D eigenvalue weighted by atomic mass is 35.5. The predicted molar refractivity (Wildman–Crippen MR) is 68.9 cm³/mol. The summed E-state index contributed by atoms with van der Waals surface area (Å²) in [7, 11) is 0. The van der Waals surface area contributed by atoms with Crippen LogP contribution in [0.1, 0.15) is 43.4 Å². The molecule has 0 radical (unpaired) electrons. The maximum atomic E-state index is 6.18. The smallest absolute Gasteiger partial charge is 0.0280 e. The first-order chi connectivity index (χ1) is 7.35. The monoisotopic (exact) mass is 242 g/mol. The highest BCUT2D eigenvalue weighted by Crippen LogP contribution is 2.41. The molecule has 2 heteroatoms. The fourth-order valence-corrected chi connectivity index (χ4v) is 3.71. The summed E-state index contributed by atoms with van der Waals surface area (Å²) in [6, 6.07) is 4.39. The van der Waals surface area contributed by atoms with Gasteiger partial charge in [0.15, 0.2) is 0 Å². The van der Waals surface area contributed by atoms with Crippen LogP contribution in [0.25, 0.3) is 0 Å². The van der Waals surface area contributed by atoms with E-state index in [9.17, 15) is 0 Å².